The predicted octanol–water partition coefficient (Wildman–Crippen LogP) is -0.346. The van der Waals surface area contributed by atoms with Crippen LogP contribution in [0.5, 0.6) is 0 Å². The van der Waals surface area contributed by atoms with Crippen molar-refractivity contribution in [2.45, 2.75) is 13.3 Å². The minimum absolute atomic E-state index is 0.780. The van der Waals surface area contributed by atoms with Crippen molar-refractivity contribution in [1.82, 2.24) is 10.0 Å². The van der Waals surface area contributed by atoms with E-state index in [1.807, 2.05) is 6.92 Å². The van der Waals surface area contributed by atoms with Gasteiger partial charge in [0.15, 0.2) is 0 Å². The first-order valence-electron chi connectivity index (χ1n) is 3.08. The van der Waals surface area contributed by atoms with Gasteiger partial charge in [-0.1, -0.05) is 6.92 Å². The van der Waals surface area contributed by atoms with Crippen molar-refractivity contribution in [1.29, 1.82) is 0 Å². The molecule has 0 aliphatic carbocycles. The second-order valence-electron chi connectivity index (χ2n) is 1.99. The Morgan fingerprint density at radius 2 is 2.10 bits per heavy atom. The Morgan fingerprint density at radius 3 is 2.50 bits per heavy atom. The summed E-state index contributed by atoms with van der Waals surface area (Å²) in [6, 6.07) is 0. The van der Waals surface area contributed by atoms with Crippen molar-refractivity contribution >= 4 is 10.0 Å². The van der Waals surface area contributed by atoms with E-state index in [1.54, 1.807) is 0 Å². The highest BCUT2D eigenvalue weighted by Crippen LogP contribution is 1.74. The molecule has 5 heteroatoms. The van der Waals surface area contributed by atoms with E-state index in [9.17, 15) is 8.42 Å². The molecule has 0 bridgehead atoms. The van der Waals surface area contributed by atoms with E-state index in [1.165, 1.54) is 6.67 Å². The van der Waals surface area contributed by atoms with E-state index in [4.69, 9.17) is 0 Å². The highest BCUT2D eigenvalue weighted by Gasteiger charge is 1.96. The van der Waals surface area contributed by atoms with E-state index in [0.29, 0.717) is 0 Å². The standard InChI is InChI=1S/C5H13N2O2S/c1-3-4-6-5-7-10(2,8)9/h5-7H,3-4H2,1-2H3. The van der Waals surface area contributed by atoms with Crippen LogP contribution in [0.2, 0.25) is 0 Å². The molecule has 0 saturated carbocycles. The zero-order valence-electron chi connectivity index (χ0n) is 6.22. The average molecular weight is 165 g/mol. The van der Waals surface area contributed by atoms with Gasteiger partial charge in [-0.2, -0.15) is 4.72 Å². The topological polar surface area (TPSA) is 58.2 Å². The molecule has 2 N–H and O–H groups in total. The van der Waals surface area contributed by atoms with Gasteiger partial charge in [-0.05, 0) is 13.0 Å². The molecule has 0 aromatic heterocycles. The van der Waals surface area contributed by atoms with E-state index >= 15 is 0 Å². The van der Waals surface area contributed by atoms with Gasteiger partial charge in [0.25, 0.3) is 0 Å². The van der Waals surface area contributed by atoms with Crippen molar-refractivity contribution < 1.29 is 8.42 Å². The zero-order chi connectivity index (χ0) is 8.04. The van der Waals surface area contributed by atoms with Crippen molar-refractivity contribution in [2.24, 2.45) is 0 Å². The highest BCUT2D eigenvalue weighted by atomic mass is 32.2. The molecule has 0 fully saturated rings. The third-order valence-corrected chi connectivity index (χ3v) is 1.32. The molecule has 1 radical (unpaired) electrons. The van der Waals surface area contributed by atoms with Crippen LogP contribution in [0, 0.1) is 6.67 Å². The van der Waals surface area contributed by atoms with Crippen molar-refractivity contribution in [2.75, 3.05) is 12.8 Å². The monoisotopic (exact) mass is 165 g/mol. The zero-order valence-corrected chi connectivity index (χ0v) is 7.03. The molecule has 0 amide bonds. The lowest BCUT2D eigenvalue weighted by Crippen LogP contribution is -2.27. The molecular weight excluding hydrogens is 152 g/mol. The largest absolute Gasteiger partial charge is 0.299 e. The summed E-state index contributed by atoms with van der Waals surface area (Å²) in [7, 11) is -3.07. The highest BCUT2D eigenvalue weighted by molar-refractivity contribution is 7.88. The normalized spacial score (nSPS) is 11.8. The first kappa shape index (κ1) is 9.87. The number of rotatable bonds is 5. The Balaban J connectivity index is 3.21. The molecule has 0 aromatic carbocycles. The molecule has 0 aromatic rings. The summed E-state index contributed by atoms with van der Waals surface area (Å²) < 4.78 is 23.0. The quantitative estimate of drug-likeness (QED) is 0.548. The third kappa shape index (κ3) is 7.87. The molecule has 0 saturated heterocycles. The van der Waals surface area contributed by atoms with Crippen molar-refractivity contribution in [3.8, 4) is 0 Å². The number of nitrogens with one attached hydrogen (secondary N) is 2. The van der Waals surface area contributed by atoms with Gasteiger partial charge in [0.2, 0.25) is 10.0 Å². The Bertz CT molecular complexity index is 164. The summed E-state index contributed by atoms with van der Waals surface area (Å²) in [5, 5.41) is 2.78. The lowest BCUT2D eigenvalue weighted by molar-refractivity contribution is 0.588. The van der Waals surface area contributed by atoms with Crippen LogP contribution in [0.4, 0.5) is 0 Å². The molecule has 0 unspecified atom stereocenters. The second kappa shape index (κ2) is 4.65. The summed E-state index contributed by atoms with van der Waals surface area (Å²) in [6.45, 7) is 4.11. The molecule has 10 heavy (non-hydrogen) atoms. The van der Waals surface area contributed by atoms with Crippen LogP contribution in [-0.2, 0) is 10.0 Å². The summed E-state index contributed by atoms with van der Waals surface area (Å²) >= 11 is 0. The minimum Gasteiger partial charge on any atom is -0.299 e. The van der Waals surface area contributed by atoms with Gasteiger partial charge in [0.05, 0.1) is 6.26 Å². The van der Waals surface area contributed by atoms with E-state index in [0.717, 1.165) is 19.2 Å². The second-order valence-corrected chi connectivity index (χ2v) is 3.77. The molecule has 4 nitrogen and oxygen atoms in total. The Kier molecular flexibility index (Phi) is 4.59. The first-order valence-corrected chi connectivity index (χ1v) is 4.98. The number of hydrogen-bond donors (Lipinski definition) is 2. The SMILES string of the molecule is CCCN[CH]NS(C)(=O)=O. The molecular formula is C5H13N2O2S. The predicted molar refractivity (Wildman–Crippen MR) is 40.6 cm³/mol. The van der Waals surface area contributed by atoms with Crippen LogP contribution >= 0.6 is 0 Å². The Morgan fingerprint density at radius 1 is 1.50 bits per heavy atom. The summed E-state index contributed by atoms with van der Waals surface area (Å²) in [4.78, 5) is 0. The van der Waals surface area contributed by atoms with E-state index in [-0.39, 0.29) is 0 Å². The molecule has 0 aliphatic heterocycles. The van der Waals surface area contributed by atoms with Crippen LogP contribution in [-0.4, -0.2) is 21.2 Å². The minimum atomic E-state index is -3.07. The fraction of sp³-hybridized carbons (Fsp3) is 0.800. The Hall–Kier alpha value is -0.130. The van der Waals surface area contributed by atoms with Gasteiger partial charge in [0, 0.05) is 0 Å². The van der Waals surface area contributed by atoms with Crippen LogP contribution in [0.3, 0.4) is 0 Å². The van der Waals surface area contributed by atoms with Gasteiger partial charge >= 0.3 is 0 Å². The smallest absolute Gasteiger partial charge is 0.210 e. The third-order valence-electron chi connectivity index (χ3n) is 0.769. The fourth-order valence-electron chi connectivity index (χ4n) is 0.365. The summed E-state index contributed by atoms with van der Waals surface area (Å²) in [5.74, 6) is 0. The van der Waals surface area contributed by atoms with Crippen LogP contribution in [0.25, 0.3) is 0 Å². The average Bonchev–Trinajstić information content (AvgIpc) is 1.78. The first-order chi connectivity index (χ1) is 4.56. The number of hydrogen-bond acceptors (Lipinski definition) is 3. The maximum atomic E-state index is 10.4. The summed E-state index contributed by atoms with van der Waals surface area (Å²) in [5.41, 5.74) is 0. The summed E-state index contributed by atoms with van der Waals surface area (Å²) in [6.07, 6.45) is 2.08. The molecule has 61 valence electrons. The molecule has 0 rings (SSSR count). The fourth-order valence-corrected chi connectivity index (χ4v) is 0.663. The van der Waals surface area contributed by atoms with Gasteiger partial charge in [-0.25, -0.2) is 8.42 Å². The molecule has 0 atom stereocenters. The maximum absolute atomic E-state index is 10.4. The lowest BCUT2D eigenvalue weighted by Gasteiger charge is -2.00. The van der Waals surface area contributed by atoms with E-state index in [2.05, 4.69) is 10.0 Å². The van der Waals surface area contributed by atoms with Crippen LogP contribution in [0.15, 0.2) is 0 Å². The van der Waals surface area contributed by atoms with Crippen molar-refractivity contribution in [3.63, 3.8) is 0 Å². The molecule has 0 aliphatic rings. The lowest BCUT2D eigenvalue weighted by atomic mass is 10.5. The molecule has 0 heterocycles. The van der Waals surface area contributed by atoms with Gasteiger partial charge in [-0.15, -0.1) is 0 Å². The Labute approximate surface area is 62.1 Å². The number of sulfonamides is 1. The van der Waals surface area contributed by atoms with Crippen LogP contribution < -0.4 is 10.0 Å². The van der Waals surface area contributed by atoms with Gasteiger partial charge in [-0.3, -0.25) is 5.32 Å². The maximum Gasteiger partial charge on any atom is 0.210 e. The van der Waals surface area contributed by atoms with Crippen molar-refractivity contribution in [3.05, 3.63) is 6.67 Å². The van der Waals surface area contributed by atoms with Crippen LogP contribution in [0.1, 0.15) is 13.3 Å². The van der Waals surface area contributed by atoms with Gasteiger partial charge in [0.1, 0.15) is 6.67 Å². The van der Waals surface area contributed by atoms with Gasteiger partial charge < -0.3 is 0 Å². The molecule has 0 spiro atoms. The van der Waals surface area contributed by atoms with E-state index < -0.39 is 10.0 Å².